The second-order valence-corrected chi connectivity index (χ2v) is 12.0. The van der Waals surface area contributed by atoms with Gasteiger partial charge in [0.15, 0.2) is 0 Å². The number of nitrogens with one attached hydrogen (secondary N) is 1. The third-order valence-electron chi connectivity index (χ3n) is 5.81. The SMILES string of the molecule is O=C(Nc1ccc(S(=O)(=O)N2CCCCCC2)cc1)c1cccc(N2CCCS2(=O)=O)c1. The predicted octanol–water partition coefficient (Wildman–Crippen LogP) is 3.04. The molecule has 0 bridgehead atoms. The Balaban J connectivity index is 1.47. The van der Waals surface area contributed by atoms with Crippen LogP contribution in [0.5, 0.6) is 0 Å². The Morgan fingerprint density at radius 2 is 1.56 bits per heavy atom. The average Bonchev–Trinajstić information content (AvgIpc) is 2.96. The Morgan fingerprint density at radius 3 is 2.19 bits per heavy atom. The van der Waals surface area contributed by atoms with Crippen molar-refractivity contribution >= 4 is 37.3 Å². The molecule has 0 spiro atoms. The number of anilines is 2. The molecule has 0 radical (unpaired) electrons. The van der Waals surface area contributed by atoms with Crippen LogP contribution in [0, 0.1) is 0 Å². The van der Waals surface area contributed by atoms with E-state index in [-0.39, 0.29) is 10.6 Å². The van der Waals surface area contributed by atoms with Gasteiger partial charge in [-0.25, -0.2) is 16.8 Å². The Kier molecular flexibility index (Phi) is 6.55. The number of benzene rings is 2. The third-order valence-corrected chi connectivity index (χ3v) is 9.59. The van der Waals surface area contributed by atoms with E-state index < -0.39 is 26.0 Å². The summed E-state index contributed by atoms with van der Waals surface area (Å²) in [6.45, 7) is 1.47. The molecule has 0 unspecified atom stereocenters. The number of nitrogens with zero attached hydrogens (tertiary/aromatic N) is 2. The highest BCUT2D eigenvalue weighted by molar-refractivity contribution is 7.93. The van der Waals surface area contributed by atoms with Gasteiger partial charge in [0.1, 0.15) is 0 Å². The zero-order chi connectivity index (χ0) is 22.8. The number of rotatable bonds is 5. The Labute approximate surface area is 189 Å². The van der Waals surface area contributed by atoms with Crippen LogP contribution in [0.2, 0.25) is 0 Å². The lowest BCUT2D eigenvalue weighted by Gasteiger charge is -2.20. The van der Waals surface area contributed by atoms with E-state index in [4.69, 9.17) is 0 Å². The van der Waals surface area contributed by atoms with Gasteiger partial charge in [-0.2, -0.15) is 4.31 Å². The zero-order valence-electron chi connectivity index (χ0n) is 17.7. The van der Waals surface area contributed by atoms with Gasteiger partial charge in [0, 0.05) is 30.9 Å². The van der Waals surface area contributed by atoms with Gasteiger partial charge in [-0.1, -0.05) is 18.9 Å². The van der Waals surface area contributed by atoms with Crippen molar-refractivity contribution < 1.29 is 21.6 Å². The molecular formula is C22H27N3O5S2. The molecule has 1 amide bonds. The van der Waals surface area contributed by atoms with Crippen LogP contribution in [-0.4, -0.2) is 52.4 Å². The molecule has 0 aliphatic carbocycles. The molecule has 2 fully saturated rings. The van der Waals surface area contributed by atoms with Crippen LogP contribution < -0.4 is 9.62 Å². The maximum absolute atomic E-state index is 12.9. The summed E-state index contributed by atoms with van der Waals surface area (Å²) < 4.78 is 53.0. The second kappa shape index (κ2) is 9.21. The van der Waals surface area contributed by atoms with Gasteiger partial charge in [0.05, 0.1) is 16.3 Å². The fourth-order valence-corrected chi connectivity index (χ4v) is 7.15. The first-order chi connectivity index (χ1) is 15.3. The van der Waals surface area contributed by atoms with Crippen molar-refractivity contribution in [1.82, 2.24) is 4.31 Å². The molecule has 0 atom stereocenters. The quantitative estimate of drug-likeness (QED) is 0.713. The molecule has 10 heteroatoms. The number of carbonyl (C=O) groups excluding carboxylic acids is 1. The number of sulfonamides is 2. The lowest BCUT2D eigenvalue weighted by Crippen LogP contribution is -2.31. The summed E-state index contributed by atoms with van der Waals surface area (Å²) in [6.07, 6.45) is 4.38. The molecule has 0 aromatic heterocycles. The molecule has 2 heterocycles. The molecule has 0 saturated carbocycles. The normalized spacial score (nSPS) is 19.4. The molecule has 2 aromatic carbocycles. The van der Waals surface area contributed by atoms with Crippen LogP contribution in [0.15, 0.2) is 53.4 Å². The van der Waals surface area contributed by atoms with E-state index in [0.717, 1.165) is 25.7 Å². The first kappa shape index (κ1) is 22.8. The fourth-order valence-electron chi connectivity index (χ4n) is 4.08. The molecule has 32 heavy (non-hydrogen) atoms. The maximum Gasteiger partial charge on any atom is 0.255 e. The van der Waals surface area contributed by atoms with Gasteiger partial charge < -0.3 is 5.32 Å². The van der Waals surface area contributed by atoms with E-state index in [1.165, 1.54) is 20.7 Å². The minimum atomic E-state index is -3.55. The van der Waals surface area contributed by atoms with Gasteiger partial charge >= 0.3 is 0 Å². The first-order valence-electron chi connectivity index (χ1n) is 10.8. The van der Waals surface area contributed by atoms with Crippen LogP contribution in [0.3, 0.4) is 0 Å². The van der Waals surface area contributed by atoms with Gasteiger partial charge in [-0.15, -0.1) is 0 Å². The highest BCUT2D eigenvalue weighted by Crippen LogP contribution is 2.26. The molecule has 172 valence electrons. The molecule has 1 N–H and O–H groups in total. The van der Waals surface area contributed by atoms with Crippen molar-refractivity contribution in [3.63, 3.8) is 0 Å². The molecule has 2 aliphatic heterocycles. The topological polar surface area (TPSA) is 104 Å². The largest absolute Gasteiger partial charge is 0.322 e. The summed E-state index contributed by atoms with van der Waals surface area (Å²) in [4.78, 5) is 12.9. The summed E-state index contributed by atoms with van der Waals surface area (Å²) >= 11 is 0. The maximum atomic E-state index is 12.9. The van der Waals surface area contributed by atoms with E-state index in [1.54, 1.807) is 36.4 Å². The van der Waals surface area contributed by atoms with E-state index in [9.17, 15) is 21.6 Å². The minimum absolute atomic E-state index is 0.107. The van der Waals surface area contributed by atoms with E-state index >= 15 is 0 Å². The highest BCUT2D eigenvalue weighted by atomic mass is 32.2. The number of hydrogen-bond acceptors (Lipinski definition) is 5. The van der Waals surface area contributed by atoms with Crippen LogP contribution in [-0.2, 0) is 20.0 Å². The van der Waals surface area contributed by atoms with Crippen molar-refractivity contribution in [2.45, 2.75) is 37.0 Å². The lowest BCUT2D eigenvalue weighted by molar-refractivity contribution is 0.102. The molecule has 4 rings (SSSR count). The number of carbonyl (C=O) groups is 1. The predicted molar refractivity (Wildman–Crippen MR) is 124 cm³/mol. The number of amides is 1. The smallest absolute Gasteiger partial charge is 0.255 e. The second-order valence-electron chi connectivity index (χ2n) is 8.09. The van der Waals surface area contributed by atoms with Crippen LogP contribution in [0.1, 0.15) is 42.5 Å². The summed E-state index contributed by atoms with van der Waals surface area (Å²) in [7, 11) is -6.88. The minimum Gasteiger partial charge on any atom is -0.322 e. The number of hydrogen-bond donors (Lipinski definition) is 1. The van der Waals surface area contributed by atoms with Gasteiger partial charge in [-0.05, 0) is 61.7 Å². The van der Waals surface area contributed by atoms with Gasteiger partial charge in [-0.3, -0.25) is 9.10 Å². The summed E-state index contributed by atoms with van der Waals surface area (Å²) in [5, 5.41) is 2.75. The zero-order valence-corrected chi connectivity index (χ0v) is 19.4. The standard InChI is InChI=1S/C22H27N3O5S2/c26-22(18-7-5-8-20(17-18)25-15-6-16-31(25,27)28)23-19-9-11-21(12-10-19)32(29,30)24-13-3-1-2-4-14-24/h5,7-12,17H,1-4,6,13-16H2,(H,23,26). The van der Waals surface area contributed by atoms with Crippen molar-refractivity contribution in [3.8, 4) is 0 Å². The first-order valence-corrected chi connectivity index (χ1v) is 13.8. The Bertz CT molecular complexity index is 1190. The summed E-state index contributed by atoms with van der Waals surface area (Å²) in [5.74, 6) is -0.289. The van der Waals surface area contributed by atoms with Crippen LogP contribution in [0.4, 0.5) is 11.4 Å². The molecular weight excluding hydrogens is 450 g/mol. The van der Waals surface area contributed by atoms with Gasteiger partial charge in [0.2, 0.25) is 20.0 Å². The van der Waals surface area contributed by atoms with E-state index in [1.807, 2.05) is 0 Å². The van der Waals surface area contributed by atoms with Crippen molar-refractivity contribution in [1.29, 1.82) is 0 Å². The van der Waals surface area contributed by atoms with Gasteiger partial charge in [0.25, 0.3) is 5.91 Å². The van der Waals surface area contributed by atoms with Crippen molar-refractivity contribution in [2.75, 3.05) is 35.0 Å². The Morgan fingerprint density at radius 1 is 0.875 bits per heavy atom. The van der Waals surface area contributed by atoms with Crippen molar-refractivity contribution in [3.05, 3.63) is 54.1 Å². The molecule has 2 aromatic rings. The third kappa shape index (κ3) is 4.82. The fraction of sp³-hybridized carbons (Fsp3) is 0.409. The monoisotopic (exact) mass is 477 g/mol. The summed E-state index contributed by atoms with van der Waals surface area (Å²) in [5.41, 5.74) is 1.25. The van der Waals surface area contributed by atoms with E-state index in [0.29, 0.717) is 43.0 Å². The lowest BCUT2D eigenvalue weighted by atomic mass is 10.2. The Hall–Kier alpha value is -2.43. The molecule has 2 aliphatic rings. The van der Waals surface area contributed by atoms with E-state index in [2.05, 4.69) is 5.32 Å². The van der Waals surface area contributed by atoms with Crippen molar-refractivity contribution in [2.24, 2.45) is 0 Å². The summed E-state index contributed by atoms with van der Waals surface area (Å²) in [6, 6.07) is 12.6. The molecule has 8 nitrogen and oxygen atoms in total. The average molecular weight is 478 g/mol. The molecule has 2 saturated heterocycles. The highest BCUT2D eigenvalue weighted by Gasteiger charge is 2.29. The van der Waals surface area contributed by atoms with Crippen LogP contribution in [0.25, 0.3) is 0 Å². The van der Waals surface area contributed by atoms with Crippen LogP contribution >= 0.6 is 0 Å².